The Labute approximate surface area is 167 Å². The summed E-state index contributed by atoms with van der Waals surface area (Å²) in [7, 11) is 0. The van der Waals surface area contributed by atoms with Gasteiger partial charge in [0, 0.05) is 36.1 Å². The molecule has 4 rings (SSSR count). The van der Waals surface area contributed by atoms with Crippen LogP contribution in [0.25, 0.3) is 16.2 Å². The predicted molar refractivity (Wildman–Crippen MR) is 110 cm³/mol. The monoisotopic (exact) mass is 403 g/mol. The van der Waals surface area contributed by atoms with Gasteiger partial charge in [0.05, 0.1) is 11.9 Å². The van der Waals surface area contributed by atoms with Gasteiger partial charge in [-0.05, 0) is 31.4 Å². The van der Waals surface area contributed by atoms with Gasteiger partial charge in [-0.2, -0.15) is 0 Å². The number of imidazole rings is 1. The summed E-state index contributed by atoms with van der Waals surface area (Å²) in [6.45, 7) is 3.79. The molecule has 1 saturated heterocycles. The zero-order valence-electron chi connectivity index (χ0n) is 15.2. The van der Waals surface area contributed by atoms with Crippen molar-refractivity contribution in [3.63, 3.8) is 0 Å². The topological polar surface area (TPSA) is 62.5 Å². The summed E-state index contributed by atoms with van der Waals surface area (Å²) in [6, 6.07) is 7.85. The minimum absolute atomic E-state index is 0.144. The zero-order valence-corrected chi connectivity index (χ0v) is 16.8. The Kier molecular flexibility index (Phi) is 5.31. The lowest BCUT2D eigenvalue weighted by Crippen LogP contribution is -2.47. The lowest BCUT2D eigenvalue weighted by molar-refractivity contribution is -0.121. The van der Waals surface area contributed by atoms with Crippen LogP contribution in [0, 0.1) is 0 Å². The van der Waals surface area contributed by atoms with Gasteiger partial charge < -0.3 is 10.2 Å². The molecular formula is C19H22ClN5OS. The van der Waals surface area contributed by atoms with Crippen molar-refractivity contribution in [3.05, 3.63) is 35.5 Å². The summed E-state index contributed by atoms with van der Waals surface area (Å²) in [5, 5.41) is 9.52. The Morgan fingerprint density at radius 1 is 1.37 bits per heavy atom. The molecule has 0 spiro atoms. The van der Waals surface area contributed by atoms with Crippen LogP contribution in [0.2, 0.25) is 5.02 Å². The van der Waals surface area contributed by atoms with E-state index < -0.39 is 0 Å². The van der Waals surface area contributed by atoms with Crippen molar-refractivity contribution in [3.8, 4) is 11.3 Å². The second-order valence-corrected chi connectivity index (χ2v) is 8.22. The van der Waals surface area contributed by atoms with Crippen molar-refractivity contribution in [2.45, 2.75) is 38.6 Å². The quantitative estimate of drug-likeness (QED) is 0.699. The molecule has 1 N–H and O–H groups in total. The number of halogens is 1. The molecule has 8 heteroatoms. The first-order valence-corrected chi connectivity index (χ1v) is 10.5. The molecule has 2 aromatic heterocycles. The molecule has 1 aliphatic rings. The fourth-order valence-corrected chi connectivity index (χ4v) is 4.42. The molecule has 1 unspecified atom stereocenters. The maximum absolute atomic E-state index is 11.9. The molecule has 1 atom stereocenters. The number of nitrogens with zero attached hydrogens (tertiary/aromatic N) is 4. The Morgan fingerprint density at radius 3 is 2.93 bits per heavy atom. The SMILES string of the molecule is CCCC(=O)NC1CCCN(c2nn3cc(-c4ccc(Cl)cc4)nc3s2)C1. The van der Waals surface area contributed by atoms with Gasteiger partial charge in [-0.1, -0.05) is 42.0 Å². The number of carbonyl (C=O) groups is 1. The summed E-state index contributed by atoms with van der Waals surface area (Å²) < 4.78 is 1.84. The third kappa shape index (κ3) is 4.09. The van der Waals surface area contributed by atoms with E-state index in [-0.39, 0.29) is 11.9 Å². The molecule has 1 aliphatic heterocycles. The molecule has 0 radical (unpaired) electrons. The van der Waals surface area contributed by atoms with Gasteiger partial charge in [0.15, 0.2) is 0 Å². The van der Waals surface area contributed by atoms with Gasteiger partial charge in [-0.15, -0.1) is 5.10 Å². The Morgan fingerprint density at radius 2 is 2.19 bits per heavy atom. The Hall–Kier alpha value is -2.12. The number of rotatable bonds is 5. The Balaban J connectivity index is 1.48. The number of aromatic nitrogens is 3. The average Bonchev–Trinajstić information content (AvgIpc) is 3.22. The lowest BCUT2D eigenvalue weighted by Gasteiger charge is -2.32. The van der Waals surface area contributed by atoms with E-state index in [9.17, 15) is 4.79 Å². The first-order chi connectivity index (χ1) is 13.1. The third-order valence-electron chi connectivity index (χ3n) is 4.71. The van der Waals surface area contributed by atoms with E-state index in [1.54, 1.807) is 11.3 Å². The second-order valence-electron chi connectivity index (χ2n) is 6.85. The van der Waals surface area contributed by atoms with Crippen molar-refractivity contribution in [2.24, 2.45) is 0 Å². The lowest BCUT2D eigenvalue weighted by atomic mass is 10.1. The molecule has 27 heavy (non-hydrogen) atoms. The number of nitrogens with one attached hydrogen (secondary N) is 1. The minimum atomic E-state index is 0.144. The molecule has 3 aromatic rings. The maximum atomic E-state index is 11.9. The first-order valence-electron chi connectivity index (χ1n) is 9.29. The van der Waals surface area contributed by atoms with Crippen LogP contribution < -0.4 is 10.2 Å². The van der Waals surface area contributed by atoms with Crippen LogP contribution in [0.15, 0.2) is 30.5 Å². The summed E-state index contributed by atoms with van der Waals surface area (Å²) in [5.41, 5.74) is 1.91. The highest BCUT2D eigenvalue weighted by molar-refractivity contribution is 7.20. The molecule has 0 bridgehead atoms. The summed E-state index contributed by atoms with van der Waals surface area (Å²) in [6.07, 6.45) is 5.49. The molecule has 142 valence electrons. The van der Waals surface area contributed by atoms with Gasteiger partial charge in [0.2, 0.25) is 16.0 Å². The third-order valence-corrected chi connectivity index (χ3v) is 5.94. The molecule has 6 nitrogen and oxygen atoms in total. The summed E-state index contributed by atoms with van der Waals surface area (Å²) in [4.78, 5) is 19.7. The highest BCUT2D eigenvalue weighted by Gasteiger charge is 2.24. The van der Waals surface area contributed by atoms with Gasteiger partial charge in [-0.25, -0.2) is 9.50 Å². The van der Waals surface area contributed by atoms with Crippen LogP contribution in [-0.2, 0) is 4.79 Å². The molecular weight excluding hydrogens is 382 g/mol. The molecule has 1 fully saturated rings. The number of amides is 1. The van der Waals surface area contributed by atoms with Crippen LogP contribution in [0.3, 0.4) is 0 Å². The highest BCUT2D eigenvalue weighted by atomic mass is 35.5. The van der Waals surface area contributed by atoms with E-state index in [0.29, 0.717) is 11.4 Å². The largest absolute Gasteiger partial charge is 0.352 e. The smallest absolute Gasteiger partial charge is 0.220 e. The molecule has 3 heterocycles. The van der Waals surface area contributed by atoms with Crippen molar-refractivity contribution in [1.29, 1.82) is 0 Å². The highest BCUT2D eigenvalue weighted by Crippen LogP contribution is 2.29. The first kappa shape index (κ1) is 18.3. The number of fused-ring (bicyclic) bond motifs is 1. The van der Waals surface area contributed by atoms with Crippen molar-refractivity contribution < 1.29 is 4.79 Å². The van der Waals surface area contributed by atoms with E-state index in [1.165, 1.54) is 0 Å². The molecule has 0 aliphatic carbocycles. The van der Waals surface area contributed by atoms with Crippen LogP contribution in [0.1, 0.15) is 32.6 Å². The van der Waals surface area contributed by atoms with E-state index in [0.717, 1.165) is 53.7 Å². The van der Waals surface area contributed by atoms with E-state index >= 15 is 0 Å². The van der Waals surface area contributed by atoms with Crippen LogP contribution in [-0.4, -0.2) is 39.6 Å². The second kappa shape index (κ2) is 7.86. The average molecular weight is 404 g/mol. The van der Waals surface area contributed by atoms with E-state index in [4.69, 9.17) is 21.7 Å². The zero-order chi connectivity index (χ0) is 18.8. The van der Waals surface area contributed by atoms with Gasteiger partial charge in [0.25, 0.3) is 0 Å². The van der Waals surface area contributed by atoms with Crippen molar-refractivity contribution >= 4 is 38.9 Å². The number of hydrogen-bond donors (Lipinski definition) is 1. The fourth-order valence-electron chi connectivity index (χ4n) is 3.37. The Bertz CT molecular complexity index is 904. The predicted octanol–water partition coefficient (Wildman–Crippen LogP) is 4.00. The molecule has 1 aromatic carbocycles. The summed E-state index contributed by atoms with van der Waals surface area (Å²) >= 11 is 7.54. The standard InChI is InChI=1S/C19H22ClN5OS/c1-2-4-17(26)21-15-5-3-10-24(11-15)19-23-25-12-16(22-18(25)27-19)13-6-8-14(20)9-7-13/h6-9,12,15H,2-5,10-11H2,1H3,(H,21,26). The number of anilines is 1. The van der Waals surface area contributed by atoms with Crippen molar-refractivity contribution in [1.82, 2.24) is 19.9 Å². The maximum Gasteiger partial charge on any atom is 0.220 e. The van der Waals surface area contributed by atoms with Crippen LogP contribution in [0.4, 0.5) is 5.13 Å². The van der Waals surface area contributed by atoms with Crippen LogP contribution >= 0.6 is 22.9 Å². The van der Waals surface area contributed by atoms with E-state index in [1.807, 2.05) is 41.9 Å². The van der Waals surface area contributed by atoms with Gasteiger partial charge >= 0.3 is 0 Å². The van der Waals surface area contributed by atoms with Gasteiger partial charge in [0.1, 0.15) is 0 Å². The van der Waals surface area contributed by atoms with Gasteiger partial charge in [-0.3, -0.25) is 4.79 Å². The number of hydrogen-bond acceptors (Lipinski definition) is 5. The molecule has 1 amide bonds. The van der Waals surface area contributed by atoms with E-state index in [2.05, 4.69) is 10.2 Å². The number of carbonyl (C=O) groups excluding carboxylic acids is 1. The fraction of sp³-hybridized carbons (Fsp3) is 0.421. The number of benzene rings is 1. The molecule has 0 saturated carbocycles. The normalized spacial score (nSPS) is 17.4. The minimum Gasteiger partial charge on any atom is -0.352 e. The van der Waals surface area contributed by atoms with Crippen molar-refractivity contribution in [2.75, 3.05) is 18.0 Å². The van der Waals surface area contributed by atoms with Crippen LogP contribution in [0.5, 0.6) is 0 Å². The number of piperidine rings is 1. The summed E-state index contributed by atoms with van der Waals surface area (Å²) in [5.74, 6) is 0.144.